The maximum absolute atomic E-state index is 3.15. The average Bonchev–Trinajstić information content (AvgIpc) is 2.43. The van der Waals surface area contributed by atoms with Gasteiger partial charge in [-0.3, -0.25) is 0 Å². The van der Waals surface area contributed by atoms with E-state index in [0.717, 1.165) is 0 Å². The van der Waals surface area contributed by atoms with Gasteiger partial charge in [-0.25, -0.2) is 0 Å². The molecule has 0 amide bonds. The van der Waals surface area contributed by atoms with Crippen LogP contribution in [0.3, 0.4) is 0 Å². The van der Waals surface area contributed by atoms with Crippen molar-refractivity contribution in [2.45, 2.75) is 157 Å². The van der Waals surface area contributed by atoms with Gasteiger partial charge in [0.1, 0.15) is 0 Å². The molecule has 0 aliphatic heterocycles. The first-order chi connectivity index (χ1) is 16.4. The molecule has 0 aromatic rings. The predicted octanol–water partition coefficient (Wildman–Crippen LogP) is 7.10. The van der Waals surface area contributed by atoms with Crippen molar-refractivity contribution in [3.05, 3.63) is 0 Å². The zero-order valence-electron chi connectivity index (χ0n) is 31.9. The fourth-order valence-corrected chi connectivity index (χ4v) is 127. The summed E-state index contributed by atoms with van der Waals surface area (Å²) in [6.07, 6.45) is 0. The first-order valence-electron chi connectivity index (χ1n) is 15.1. The van der Waals surface area contributed by atoms with Crippen molar-refractivity contribution in [1.29, 1.82) is 0 Å². The van der Waals surface area contributed by atoms with Crippen molar-refractivity contribution < 1.29 is 0 Å². The van der Waals surface area contributed by atoms with E-state index < -0.39 is 92.7 Å². The van der Waals surface area contributed by atoms with Gasteiger partial charge in [0.05, 0.1) is 0 Å². The van der Waals surface area contributed by atoms with Crippen LogP contribution in [-0.4, -0.2) is 149 Å². The van der Waals surface area contributed by atoms with Crippen molar-refractivity contribution in [3.8, 4) is 0 Å². The normalized spacial score (nSPS) is 14.4. The van der Waals surface area contributed by atoms with Crippen molar-refractivity contribution in [3.63, 3.8) is 0 Å². The summed E-state index contributed by atoms with van der Waals surface area (Å²) in [5.74, 6) is 0. The van der Waals surface area contributed by atoms with E-state index in [9.17, 15) is 0 Å². The van der Waals surface area contributed by atoms with E-state index in [0.29, 0.717) is 0 Å². The average molecular weight is 1050 g/mol. The molecule has 0 atom stereocenters. The molecule has 16 heteroatoms. The zero-order valence-corrected chi connectivity index (χ0v) is 50.2. The van der Waals surface area contributed by atoms with Gasteiger partial charge in [-0.1, -0.05) is 0 Å². The Hall–Kier alpha value is 3.92. The van der Waals surface area contributed by atoms with Crippen LogP contribution in [0.2, 0.25) is 157 Å². The van der Waals surface area contributed by atoms with Crippen molar-refractivity contribution in [2.75, 3.05) is 0 Å². The molecule has 0 rings (SSSR count). The van der Waals surface area contributed by atoms with Gasteiger partial charge in [-0.05, 0) is 0 Å². The van der Waals surface area contributed by atoms with Gasteiger partial charge in [-0.15, -0.1) is 0 Å². The third kappa shape index (κ3) is 17.2. The first-order valence-corrected chi connectivity index (χ1v) is 54.1. The molecule has 0 aromatic carbocycles. The van der Waals surface area contributed by atoms with Crippen LogP contribution < -0.4 is 0 Å². The number of hydrogen-bond acceptors (Lipinski definition) is 4. The summed E-state index contributed by atoms with van der Waals surface area (Å²) in [7, 11) is -10.9. The van der Waals surface area contributed by atoms with Crippen LogP contribution in [0.5, 0.6) is 0 Å². The Labute approximate surface area is 301 Å². The van der Waals surface area contributed by atoms with Crippen LogP contribution in [0, 0.1) is 0 Å². The van der Waals surface area contributed by atoms with Gasteiger partial charge in [0, 0.05) is 0 Å². The molecule has 0 radical (unpaired) electrons. The minimum absolute atomic E-state index is 0. The van der Waals surface area contributed by atoms with Crippen LogP contribution in [-0.2, 0) is 0 Å². The number of hydrogen-bond donors (Lipinski definition) is 0. The minimum atomic E-state index is -1.34. The summed E-state index contributed by atoms with van der Waals surface area (Å²) in [6.45, 7) is 61.5. The van der Waals surface area contributed by atoms with E-state index in [-0.39, 0.29) is 23.7 Å². The maximum atomic E-state index is 3.15. The molecule has 0 heterocycles. The van der Waals surface area contributed by atoms with E-state index in [2.05, 4.69) is 189 Å². The van der Waals surface area contributed by atoms with E-state index in [1.165, 1.54) is 0 Å². The molecule has 244 valence electrons. The van der Waals surface area contributed by atoms with Crippen LogP contribution >= 0.6 is 0 Å². The standard InChI is InChI=1S/C12H36GeN2Si4Te.C12H38GeN2Si4.H2Te/c1-16(2,3)14(17(4,5)6)13(20)15(18(7,8)9)19(10,11)12;1-16(2,3)14(17(4,5)6)13-15(18(7,8)9)19(10,11)12;/h1-12H3;13H2,1-12H3;1H2. The van der Waals surface area contributed by atoms with E-state index >= 15 is 0 Å². The van der Waals surface area contributed by atoms with Crippen LogP contribution in [0.25, 0.3) is 0 Å². The fraction of sp³-hybridized carbons (Fsp3) is 1.00. The van der Waals surface area contributed by atoms with Crippen molar-refractivity contribution in [1.82, 2.24) is 12.8 Å². The second-order valence-corrected chi connectivity index (χ2v) is 80.6. The van der Waals surface area contributed by atoms with Crippen LogP contribution in [0.15, 0.2) is 0 Å². The Morgan fingerprint density at radius 3 is 0.600 bits per heavy atom. The molecular weight excluding hydrogens is 969 g/mol. The molecule has 0 N–H and O–H groups in total. The van der Waals surface area contributed by atoms with Gasteiger partial charge >= 0.3 is 306 Å². The Balaban J connectivity index is -0.000000669. The summed E-state index contributed by atoms with van der Waals surface area (Å²) in [6, 6.07) is 0. The third-order valence-corrected chi connectivity index (χ3v) is 101. The second kappa shape index (κ2) is 16.3. The molecule has 0 aromatic heterocycles. The Kier molecular flexibility index (Phi) is 19.7. The number of nitrogens with zero attached hydrogens (tertiary/aromatic N) is 4. The zero-order chi connectivity index (χ0) is 32.6. The van der Waals surface area contributed by atoms with Gasteiger partial charge in [-0.2, -0.15) is 0 Å². The Bertz CT molecular complexity index is 680. The topological polar surface area (TPSA) is 13.0 Å². The van der Waals surface area contributed by atoms with E-state index in [1.807, 2.05) is 0 Å². The summed E-state index contributed by atoms with van der Waals surface area (Å²) in [5.41, 5.74) is 0. The molecule has 0 saturated heterocycles. The molecule has 0 spiro atoms. The van der Waals surface area contributed by atoms with Crippen LogP contribution in [0.1, 0.15) is 0 Å². The summed E-state index contributed by atoms with van der Waals surface area (Å²) in [5, 5.41) is 0. The van der Waals surface area contributed by atoms with Crippen molar-refractivity contribution >= 4 is 136 Å². The molecule has 0 unspecified atom stereocenters. The van der Waals surface area contributed by atoms with Gasteiger partial charge < -0.3 is 0 Å². The first kappa shape index (κ1) is 48.3. The molecule has 0 aliphatic rings. The SMILES string of the molecule is C[Si](C)(C)[N]([GeH2][N]([Si](C)(C)C)[Si](C)(C)C)[Si](C)(C)C.C[Si](C)(C)[N]([Ge](=[Te])[N]([Si](C)(C)C)[Si](C)(C)C)[Si](C)(C)C.[TeH2]. The van der Waals surface area contributed by atoms with Gasteiger partial charge in [0.15, 0.2) is 0 Å². The molecule has 40 heavy (non-hydrogen) atoms. The number of rotatable bonds is 12. The Morgan fingerprint density at radius 1 is 0.350 bits per heavy atom. The van der Waals surface area contributed by atoms with E-state index in [4.69, 9.17) is 0 Å². The summed E-state index contributed by atoms with van der Waals surface area (Å²) < 4.78 is 12.6. The van der Waals surface area contributed by atoms with E-state index in [1.54, 1.807) is 0 Å². The molecule has 0 fully saturated rings. The monoisotopic (exact) mass is 1050 g/mol. The molecule has 4 nitrogen and oxygen atoms in total. The summed E-state index contributed by atoms with van der Waals surface area (Å²) in [4.78, 5) is 0. The molecule has 0 saturated carbocycles. The van der Waals surface area contributed by atoms with Gasteiger partial charge in [0.2, 0.25) is 0 Å². The Morgan fingerprint density at radius 2 is 0.500 bits per heavy atom. The van der Waals surface area contributed by atoms with Crippen molar-refractivity contribution in [2.24, 2.45) is 0 Å². The molecule has 0 bridgehead atoms. The van der Waals surface area contributed by atoms with Crippen LogP contribution in [0.4, 0.5) is 0 Å². The quantitative estimate of drug-likeness (QED) is 0.194. The second-order valence-electron chi connectivity index (χ2n) is 19.3. The fourth-order valence-electron chi connectivity index (χ4n) is 6.26. The molecular formula is C24H76Ge2N4Si8Te2. The predicted molar refractivity (Wildman–Crippen MR) is 223 cm³/mol. The third-order valence-electron chi connectivity index (χ3n) is 6.59. The molecule has 0 aliphatic carbocycles. The van der Waals surface area contributed by atoms with Gasteiger partial charge in [0.25, 0.3) is 0 Å². The summed E-state index contributed by atoms with van der Waals surface area (Å²) >= 11 is 1.78.